The second-order valence-electron chi connectivity index (χ2n) is 3.96. The molecule has 2 rings (SSSR count). The van der Waals surface area contributed by atoms with Crippen molar-refractivity contribution in [2.75, 3.05) is 18.6 Å². The third-order valence-electron chi connectivity index (χ3n) is 3.09. The molecule has 0 bridgehead atoms. The third kappa shape index (κ3) is 1.50. The van der Waals surface area contributed by atoms with Crippen LogP contribution in [0.5, 0.6) is 5.75 Å². The average molecular weight is 218 g/mol. The molecular weight excluding hydrogens is 204 g/mol. The van der Waals surface area contributed by atoms with Crippen molar-refractivity contribution in [1.29, 1.82) is 5.26 Å². The maximum Gasteiger partial charge on any atom is 0.161 e. The number of fused-ring (bicyclic) bond motifs is 1. The van der Waals surface area contributed by atoms with Crippen LogP contribution in [0.15, 0.2) is 18.2 Å². The highest BCUT2D eigenvalue weighted by Crippen LogP contribution is 2.37. The molecule has 16 heavy (non-hydrogen) atoms. The van der Waals surface area contributed by atoms with Gasteiger partial charge in [0.05, 0.1) is 23.9 Å². The Morgan fingerprint density at radius 3 is 2.94 bits per heavy atom. The highest BCUT2D eigenvalue weighted by Gasteiger charge is 2.31. The lowest BCUT2D eigenvalue weighted by Crippen LogP contribution is -2.48. The van der Waals surface area contributed by atoms with Gasteiger partial charge >= 0.3 is 0 Å². The van der Waals surface area contributed by atoms with Crippen LogP contribution in [0.2, 0.25) is 0 Å². The molecule has 0 amide bonds. The minimum atomic E-state index is -0.285. The molecule has 0 fully saturated rings. The van der Waals surface area contributed by atoms with E-state index in [4.69, 9.17) is 10.00 Å². The zero-order valence-corrected chi connectivity index (χ0v) is 9.34. The van der Waals surface area contributed by atoms with Crippen molar-refractivity contribution in [1.82, 2.24) is 0 Å². The largest absolute Gasteiger partial charge is 0.482 e. The van der Waals surface area contributed by atoms with Crippen molar-refractivity contribution in [3.63, 3.8) is 0 Å². The lowest BCUT2D eigenvalue weighted by molar-refractivity contribution is 0.0886. The zero-order chi connectivity index (χ0) is 11.7. The molecule has 1 aromatic carbocycles. The molecule has 1 N–H and O–H groups in total. The van der Waals surface area contributed by atoms with Crippen LogP contribution in [0.1, 0.15) is 12.5 Å². The molecule has 4 heteroatoms. The Hall–Kier alpha value is -1.73. The van der Waals surface area contributed by atoms with Crippen LogP contribution in [0.3, 0.4) is 0 Å². The first-order valence-electron chi connectivity index (χ1n) is 5.22. The molecule has 0 saturated heterocycles. The molecule has 0 radical (unpaired) electrons. The molecular formula is C12H14N2O2. The van der Waals surface area contributed by atoms with E-state index in [0.29, 0.717) is 11.3 Å². The van der Waals surface area contributed by atoms with Gasteiger partial charge in [-0.15, -0.1) is 0 Å². The van der Waals surface area contributed by atoms with Gasteiger partial charge in [-0.1, -0.05) is 6.07 Å². The number of nitrogens with zero attached hydrogens (tertiary/aromatic N) is 2. The highest BCUT2D eigenvalue weighted by atomic mass is 16.5. The summed E-state index contributed by atoms with van der Waals surface area (Å²) in [7, 11) is 1.94. The maximum absolute atomic E-state index is 9.23. The number of hydrogen-bond donors (Lipinski definition) is 1. The summed E-state index contributed by atoms with van der Waals surface area (Å²) in [6.45, 7) is 1.94. The van der Waals surface area contributed by atoms with E-state index < -0.39 is 0 Å². The van der Waals surface area contributed by atoms with Crippen LogP contribution in [-0.2, 0) is 0 Å². The second kappa shape index (κ2) is 4.03. The Labute approximate surface area is 94.7 Å². The lowest BCUT2D eigenvalue weighted by Gasteiger charge is -2.39. The van der Waals surface area contributed by atoms with E-state index in [9.17, 15) is 5.11 Å². The summed E-state index contributed by atoms with van der Waals surface area (Å²) in [5.41, 5.74) is 1.41. The van der Waals surface area contributed by atoms with Gasteiger partial charge in [-0.2, -0.15) is 5.26 Å². The lowest BCUT2D eigenvalue weighted by atomic mass is 10.1. The van der Waals surface area contributed by atoms with Crippen molar-refractivity contribution in [3.05, 3.63) is 23.8 Å². The van der Waals surface area contributed by atoms with Crippen molar-refractivity contribution in [3.8, 4) is 11.8 Å². The number of aliphatic hydroxyl groups is 1. The molecule has 1 aromatic rings. The van der Waals surface area contributed by atoms with Crippen LogP contribution in [-0.4, -0.2) is 30.9 Å². The quantitative estimate of drug-likeness (QED) is 0.768. The van der Waals surface area contributed by atoms with Gasteiger partial charge in [0.1, 0.15) is 12.2 Å². The van der Waals surface area contributed by atoms with Gasteiger partial charge in [0, 0.05) is 7.05 Å². The van der Waals surface area contributed by atoms with Crippen molar-refractivity contribution >= 4 is 5.69 Å². The summed E-state index contributed by atoms with van der Waals surface area (Å²) in [6.07, 6.45) is -0.285. The maximum atomic E-state index is 9.23. The molecule has 0 aromatic heterocycles. The van der Waals surface area contributed by atoms with Gasteiger partial charge in [-0.25, -0.2) is 0 Å². The van der Waals surface area contributed by atoms with Crippen LogP contribution < -0.4 is 9.64 Å². The first-order chi connectivity index (χ1) is 7.69. The Bertz CT molecular complexity index is 439. The van der Waals surface area contributed by atoms with Crippen LogP contribution in [0.4, 0.5) is 5.69 Å². The van der Waals surface area contributed by atoms with E-state index in [1.165, 1.54) is 0 Å². The van der Waals surface area contributed by atoms with Gasteiger partial charge in [0.25, 0.3) is 0 Å². The molecule has 1 aliphatic heterocycles. The molecule has 0 spiro atoms. The number of para-hydroxylation sites is 1. The Kier molecular flexibility index (Phi) is 2.71. The Balaban J connectivity index is 2.50. The number of rotatable bonds is 1. The van der Waals surface area contributed by atoms with Crippen LogP contribution in [0.25, 0.3) is 0 Å². The third-order valence-corrected chi connectivity index (χ3v) is 3.09. The normalized spacial score (nSPS) is 23.2. The number of hydrogen-bond acceptors (Lipinski definition) is 4. The van der Waals surface area contributed by atoms with E-state index >= 15 is 0 Å². The fraction of sp³-hybridized carbons (Fsp3) is 0.417. The van der Waals surface area contributed by atoms with Gasteiger partial charge in [-0.3, -0.25) is 0 Å². The second-order valence-corrected chi connectivity index (χ2v) is 3.96. The molecule has 1 aliphatic rings. The average Bonchev–Trinajstić information content (AvgIpc) is 2.33. The number of aliphatic hydroxyl groups excluding tert-OH is 1. The van der Waals surface area contributed by atoms with E-state index in [-0.39, 0.29) is 18.8 Å². The molecule has 0 saturated carbocycles. The smallest absolute Gasteiger partial charge is 0.161 e. The van der Waals surface area contributed by atoms with E-state index in [0.717, 1.165) is 5.69 Å². The summed E-state index contributed by atoms with van der Waals surface area (Å²) in [5, 5.41) is 18.2. The number of likely N-dealkylation sites (N-methyl/N-ethyl adjacent to an activating group) is 1. The minimum Gasteiger partial charge on any atom is -0.482 e. The van der Waals surface area contributed by atoms with Crippen molar-refractivity contribution in [2.24, 2.45) is 0 Å². The van der Waals surface area contributed by atoms with E-state index in [2.05, 4.69) is 6.07 Å². The zero-order valence-electron chi connectivity index (χ0n) is 9.34. The van der Waals surface area contributed by atoms with Gasteiger partial charge in [-0.05, 0) is 19.1 Å². The highest BCUT2D eigenvalue weighted by molar-refractivity contribution is 5.66. The Morgan fingerprint density at radius 2 is 2.31 bits per heavy atom. The molecule has 2 unspecified atom stereocenters. The van der Waals surface area contributed by atoms with Crippen LogP contribution >= 0.6 is 0 Å². The summed E-state index contributed by atoms with van der Waals surface area (Å²) in [5.74, 6) is 0.574. The summed E-state index contributed by atoms with van der Waals surface area (Å²) < 4.78 is 5.67. The number of ether oxygens (including phenoxy) is 1. The van der Waals surface area contributed by atoms with Crippen LogP contribution in [0, 0.1) is 11.3 Å². The van der Waals surface area contributed by atoms with Gasteiger partial charge in [0.15, 0.2) is 5.75 Å². The molecule has 0 aliphatic carbocycles. The van der Waals surface area contributed by atoms with E-state index in [1.54, 1.807) is 6.07 Å². The summed E-state index contributed by atoms with van der Waals surface area (Å²) in [6, 6.07) is 7.66. The minimum absolute atomic E-state index is 0.0509. The monoisotopic (exact) mass is 218 g/mol. The molecule has 84 valence electrons. The molecule has 1 heterocycles. The predicted octanol–water partition coefficient (Wildman–Crippen LogP) is 1.14. The fourth-order valence-electron chi connectivity index (χ4n) is 1.92. The number of benzene rings is 1. The molecule has 4 nitrogen and oxygen atoms in total. The molecule has 2 atom stereocenters. The van der Waals surface area contributed by atoms with Crippen molar-refractivity contribution < 1.29 is 9.84 Å². The number of nitriles is 1. The number of anilines is 1. The van der Waals surface area contributed by atoms with Gasteiger partial charge < -0.3 is 14.7 Å². The fourth-order valence-corrected chi connectivity index (χ4v) is 1.92. The van der Waals surface area contributed by atoms with E-state index in [1.807, 2.05) is 31.0 Å². The standard InChI is InChI=1S/C12H14N2O2/c1-8-11(7-15)16-12-9(6-13)4-3-5-10(12)14(8)2/h3-5,8,11,15H,7H2,1-2H3. The van der Waals surface area contributed by atoms with Gasteiger partial charge in [0.2, 0.25) is 0 Å². The predicted molar refractivity (Wildman–Crippen MR) is 60.5 cm³/mol. The van der Waals surface area contributed by atoms with Crippen molar-refractivity contribution in [2.45, 2.75) is 19.1 Å². The first kappa shape index (κ1) is 10.8. The topological polar surface area (TPSA) is 56.5 Å². The Morgan fingerprint density at radius 1 is 1.56 bits per heavy atom. The first-order valence-corrected chi connectivity index (χ1v) is 5.22. The summed E-state index contributed by atoms with van der Waals surface area (Å²) >= 11 is 0. The summed E-state index contributed by atoms with van der Waals surface area (Å²) in [4.78, 5) is 2.03. The SMILES string of the molecule is CC1C(CO)Oc2c(C#N)cccc2N1C.